The van der Waals surface area contributed by atoms with E-state index >= 15 is 0 Å². The lowest BCUT2D eigenvalue weighted by Gasteiger charge is -2.31. The number of amides is 2. The number of carbonyl (C=O) groups is 3. The van der Waals surface area contributed by atoms with E-state index in [4.69, 9.17) is 0 Å². The molecule has 3 rings (SSSR count). The molecule has 0 aromatic rings. The molecule has 3 aliphatic rings. The first kappa shape index (κ1) is 27.5. The monoisotopic (exact) mass is 477 g/mol. The molecule has 0 radical (unpaired) electrons. The van der Waals surface area contributed by atoms with Gasteiger partial charge in [0.1, 0.15) is 6.04 Å². The SMILES string of the molecule is CN1CCN(C)C1=NNC(=O)C(=O)C(NC(=O)C1CCCCC1)C1CCCCC1.Cl.Cl. The summed E-state index contributed by atoms with van der Waals surface area (Å²) < 4.78 is 0. The number of nitrogens with zero attached hydrogens (tertiary/aromatic N) is 3. The molecule has 3 fully saturated rings. The summed E-state index contributed by atoms with van der Waals surface area (Å²) >= 11 is 0. The summed E-state index contributed by atoms with van der Waals surface area (Å²) in [5, 5.41) is 7.10. The Kier molecular flexibility index (Phi) is 11.6. The molecule has 2 aliphatic carbocycles. The van der Waals surface area contributed by atoms with Gasteiger partial charge in [-0.25, -0.2) is 5.43 Å². The van der Waals surface area contributed by atoms with Gasteiger partial charge in [-0.05, 0) is 31.6 Å². The molecular formula is C21H37Cl2N5O3. The van der Waals surface area contributed by atoms with Gasteiger partial charge in [0.2, 0.25) is 17.6 Å². The number of ketones is 1. The van der Waals surface area contributed by atoms with Crippen LogP contribution in [0.3, 0.4) is 0 Å². The maximum absolute atomic E-state index is 13.0. The number of nitrogens with one attached hydrogen (secondary N) is 2. The van der Waals surface area contributed by atoms with Gasteiger partial charge in [0.25, 0.3) is 0 Å². The molecule has 0 spiro atoms. The smallest absolute Gasteiger partial charge is 0.309 e. The van der Waals surface area contributed by atoms with Gasteiger partial charge < -0.3 is 15.1 Å². The lowest BCUT2D eigenvalue weighted by Crippen LogP contribution is -2.52. The average molecular weight is 478 g/mol. The van der Waals surface area contributed by atoms with Crippen LogP contribution in [0.2, 0.25) is 0 Å². The van der Waals surface area contributed by atoms with Gasteiger partial charge in [0.15, 0.2) is 0 Å². The Balaban J connectivity index is 0.00000240. The first-order chi connectivity index (χ1) is 14.0. The highest BCUT2D eigenvalue weighted by Crippen LogP contribution is 2.28. The molecule has 0 bridgehead atoms. The highest BCUT2D eigenvalue weighted by molar-refractivity contribution is 6.38. The highest BCUT2D eigenvalue weighted by Gasteiger charge is 2.36. The zero-order valence-corrected chi connectivity index (χ0v) is 20.2. The van der Waals surface area contributed by atoms with Crippen LogP contribution in [0.1, 0.15) is 64.2 Å². The number of rotatable bonds is 6. The summed E-state index contributed by atoms with van der Waals surface area (Å²) in [6.07, 6.45) is 9.97. The second-order valence-corrected chi connectivity index (χ2v) is 8.78. The van der Waals surface area contributed by atoms with E-state index in [0.717, 1.165) is 70.9 Å². The number of likely N-dealkylation sites (N-methyl/N-ethyl adjacent to an activating group) is 2. The Bertz CT molecular complexity index is 637. The predicted molar refractivity (Wildman–Crippen MR) is 125 cm³/mol. The Morgan fingerprint density at radius 2 is 1.39 bits per heavy atom. The Labute approximate surface area is 197 Å². The second-order valence-electron chi connectivity index (χ2n) is 8.78. The van der Waals surface area contributed by atoms with E-state index in [1.54, 1.807) is 0 Å². The van der Waals surface area contributed by atoms with Gasteiger partial charge in [-0.3, -0.25) is 14.4 Å². The van der Waals surface area contributed by atoms with Crippen LogP contribution in [0, 0.1) is 11.8 Å². The quantitative estimate of drug-likeness (QED) is 0.452. The van der Waals surface area contributed by atoms with E-state index in [-0.39, 0.29) is 42.6 Å². The molecule has 1 heterocycles. The second kappa shape index (κ2) is 13.1. The first-order valence-electron chi connectivity index (χ1n) is 11.1. The van der Waals surface area contributed by atoms with Gasteiger partial charge in [0.05, 0.1) is 0 Å². The largest absolute Gasteiger partial charge is 0.345 e. The van der Waals surface area contributed by atoms with Crippen LogP contribution >= 0.6 is 24.8 Å². The maximum atomic E-state index is 13.0. The lowest BCUT2D eigenvalue weighted by atomic mass is 9.81. The lowest BCUT2D eigenvalue weighted by molar-refractivity contribution is -0.141. The van der Waals surface area contributed by atoms with E-state index in [0.29, 0.717) is 5.96 Å². The fourth-order valence-corrected chi connectivity index (χ4v) is 4.76. The van der Waals surface area contributed by atoms with Crippen LogP contribution in [-0.4, -0.2) is 66.6 Å². The molecule has 1 saturated heterocycles. The van der Waals surface area contributed by atoms with Crippen molar-refractivity contribution in [2.75, 3.05) is 27.2 Å². The van der Waals surface area contributed by atoms with Crippen molar-refractivity contribution < 1.29 is 14.4 Å². The van der Waals surface area contributed by atoms with Crippen molar-refractivity contribution in [2.45, 2.75) is 70.3 Å². The number of hydrogen-bond donors (Lipinski definition) is 2. The molecule has 0 aromatic heterocycles. The molecular weight excluding hydrogens is 441 g/mol. The molecule has 0 aromatic carbocycles. The first-order valence-corrected chi connectivity index (χ1v) is 11.1. The zero-order chi connectivity index (χ0) is 20.8. The van der Waals surface area contributed by atoms with E-state index in [2.05, 4.69) is 15.8 Å². The summed E-state index contributed by atoms with van der Waals surface area (Å²) in [4.78, 5) is 42.2. The third kappa shape index (κ3) is 7.24. The number of guanidine groups is 1. The van der Waals surface area contributed by atoms with Crippen LogP contribution in [-0.2, 0) is 14.4 Å². The summed E-state index contributed by atoms with van der Waals surface area (Å²) in [7, 11) is 3.79. The number of hydrogen-bond acceptors (Lipinski definition) is 4. The summed E-state index contributed by atoms with van der Waals surface area (Å²) in [5.41, 5.74) is 2.42. The van der Waals surface area contributed by atoms with Crippen molar-refractivity contribution in [1.29, 1.82) is 0 Å². The fraction of sp³-hybridized carbons (Fsp3) is 0.810. The van der Waals surface area contributed by atoms with Crippen molar-refractivity contribution >= 4 is 48.4 Å². The van der Waals surface area contributed by atoms with E-state index in [9.17, 15) is 14.4 Å². The van der Waals surface area contributed by atoms with Crippen LogP contribution in [0.15, 0.2) is 5.10 Å². The van der Waals surface area contributed by atoms with E-state index in [1.165, 1.54) is 6.42 Å². The predicted octanol–water partition coefficient (Wildman–Crippen LogP) is 2.31. The molecule has 1 atom stereocenters. The number of carbonyl (C=O) groups excluding carboxylic acids is 3. The minimum Gasteiger partial charge on any atom is -0.345 e. The van der Waals surface area contributed by atoms with E-state index in [1.807, 2.05) is 23.9 Å². The molecule has 31 heavy (non-hydrogen) atoms. The van der Waals surface area contributed by atoms with Gasteiger partial charge in [0, 0.05) is 33.1 Å². The topological polar surface area (TPSA) is 94.1 Å². The van der Waals surface area contributed by atoms with Crippen LogP contribution in [0.5, 0.6) is 0 Å². The molecule has 178 valence electrons. The Morgan fingerprint density at radius 1 is 0.871 bits per heavy atom. The van der Waals surface area contributed by atoms with Crippen molar-refractivity contribution in [3.05, 3.63) is 0 Å². The maximum Gasteiger partial charge on any atom is 0.309 e. The van der Waals surface area contributed by atoms with E-state index < -0.39 is 17.7 Å². The summed E-state index contributed by atoms with van der Waals surface area (Å²) in [6.45, 7) is 1.64. The molecule has 2 amide bonds. The zero-order valence-electron chi connectivity index (χ0n) is 18.6. The van der Waals surface area contributed by atoms with Crippen molar-refractivity contribution in [1.82, 2.24) is 20.5 Å². The van der Waals surface area contributed by atoms with Gasteiger partial charge in [-0.2, -0.15) is 0 Å². The Morgan fingerprint density at radius 3 is 1.94 bits per heavy atom. The van der Waals surface area contributed by atoms with Gasteiger partial charge >= 0.3 is 5.91 Å². The minimum atomic E-state index is -0.746. The standard InChI is InChI=1S/C21H35N5O3.2ClH/c1-25-13-14-26(2)21(25)24-23-20(29)18(27)17(15-9-5-3-6-10-15)22-19(28)16-11-7-4-8-12-16;;/h15-17H,3-14H2,1-2H3,(H,22,28)(H,23,29);2*1H. The highest BCUT2D eigenvalue weighted by atomic mass is 35.5. The van der Waals surface area contributed by atoms with Crippen LogP contribution < -0.4 is 10.7 Å². The molecule has 1 unspecified atom stereocenters. The van der Waals surface area contributed by atoms with Gasteiger partial charge in [-0.15, -0.1) is 29.9 Å². The Hall–Kier alpha value is -1.54. The number of Topliss-reactive ketones (excluding diaryl/α,β-unsaturated/α-hetero) is 1. The molecule has 10 heteroatoms. The van der Waals surface area contributed by atoms with Crippen molar-refractivity contribution in [3.8, 4) is 0 Å². The molecule has 2 saturated carbocycles. The van der Waals surface area contributed by atoms with Crippen molar-refractivity contribution in [3.63, 3.8) is 0 Å². The third-order valence-electron chi connectivity index (χ3n) is 6.61. The molecule has 8 nitrogen and oxygen atoms in total. The third-order valence-corrected chi connectivity index (χ3v) is 6.61. The molecule has 2 N–H and O–H groups in total. The number of halogens is 2. The minimum absolute atomic E-state index is 0. The van der Waals surface area contributed by atoms with Crippen molar-refractivity contribution in [2.24, 2.45) is 16.9 Å². The van der Waals surface area contributed by atoms with Crippen LogP contribution in [0.25, 0.3) is 0 Å². The molecule has 1 aliphatic heterocycles. The van der Waals surface area contributed by atoms with Crippen LogP contribution in [0.4, 0.5) is 0 Å². The fourth-order valence-electron chi connectivity index (χ4n) is 4.76. The summed E-state index contributed by atoms with van der Waals surface area (Å²) in [6, 6.07) is -0.746. The number of hydrazone groups is 1. The normalized spacial score (nSPS) is 20.9. The summed E-state index contributed by atoms with van der Waals surface area (Å²) in [5.74, 6) is -0.764. The van der Waals surface area contributed by atoms with Gasteiger partial charge in [-0.1, -0.05) is 38.5 Å². The average Bonchev–Trinajstić information content (AvgIpc) is 3.08.